The van der Waals surface area contributed by atoms with E-state index >= 15 is 0 Å². The highest BCUT2D eigenvalue weighted by atomic mass is 31.1. The second-order valence-electron chi connectivity index (χ2n) is 3.08. The zero-order valence-electron chi connectivity index (χ0n) is 7.34. The van der Waals surface area contributed by atoms with Gasteiger partial charge in [0.1, 0.15) is 0 Å². The van der Waals surface area contributed by atoms with Gasteiger partial charge in [0.15, 0.2) is 8.46 Å². The van der Waals surface area contributed by atoms with Crippen LogP contribution in [0, 0.1) is 5.41 Å². The Labute approximate surface area is 68.8 Å². The molecule has 0 rings (SSSR count). The van der Waals surface area contributed by atoms with Crippen molar-refractivity contribution < 1.29 is 9.36 Å². The van der Waals surface area contributed by atoms with Gasteiger partial charge in [-0.3, -0.25) is 9.36 Å². The summed E-state index contributed by atoms with van der Waals surface area (Å²) in [4.78, 5) is 11.2. The molecule has 1 amide bonds. The third-order valence-electron chi connectivity index (χ3n) is 2.01. The van der Waals surface area contributed by atoms with Gasteiger partial charge in [-0.2, -0.15) is 0 Å². The van der Waals surface area contributed by atoms with Crippen LogP contribution in [0.5, 0.6) is 0 Å². The first kappa shape index (κ1) is 10.6. The lowest BCUT2D eigenvalue weighted by molar-refractivity contribution is -0.128. The summed E-state index contributed by atoms with van der Waals surface area (Å²) in [6, 6.07) is 0. The zero-order chi connectivity index (χ0) is 9.07. The molecule has 64 valence electrons. The highest BCUT2D eigenvalue weighted by Gasteiger charge is 2.33. The van der Waals surface area contributed by atoms with Crippen molar-refractivity contribution in [3.8, 4) is 0 Å². The molecule has 1 atom stereocenters. The molecule has 0 aliphatic carbocycles. The van der Waals surface area contributed by atoms with E-state index in [2.05, 4.69) is 5.32 Å². The molecular weight excluding hydrogens is 161 g/mol. The number of amides is 1. The molecule has 3 nitrogen and oxygen atoms in total. The Morgan fingerprint density at radius 3 is 2.27 bits per heavy atom. The van der Waals surface area contributed by atoms with Gasteiger partial charge in [-0.15, -0.1) is 0 Å². The molecule has 1 N–H and O–H groups in total. The van der Waals surface area contributed by atoms with E-state index in [1.807, 2.05) is 0 Å². The van der Waals surface area contributed by atoms with Gasteiger partial charge in [0, 0.05) is 7.05 Å². The largest absolute Gasteiger partial charge is 0.359 e. The van der Waals surface area contributed by atoms with E-state index in [4.69, 9.17) is 0 Å². The predicted octanol–water partition coefficient (Wildman–Crippen LogP) is 1.44. The van der Waals surface area contributed by atoms with Crippen LogP contribution >= 0.6 is 8.46 Å². The van der Waals surface area contributed by atoms with Gasteiger partial charge in [0.25, 0.3) is 0 Å². The number of hydrogen-bond acceptors (Lipinski definition) is 2. The quantitative estimate of drug-likeness (QED) is 0.659. The second-order valence-corrected chi connectivity index (χ2v) is 4.07. The van der Waals surface area contributed by atoms with Crippen molar-refractivity contribution in [2.75, 3.05) is 7.05 Å². The molecule has 0 heterocycles. The molecule has 0 aromatic carbocycles. The third kappa shape index (κ3) is 2.26. The second kappa shape index (κ2) is 3.82. The summed E-state index contributed by atoms with van der Waals surface area (Å²) in [6.45, 7) is 5.34. The van der Waals surface area contributed by atoms with Crippen LogP contribution in [0.4, 0.5) is 0 Å². The van der Waals surface area contributed by atoms with Crippen molar-refractivity contribution >= 4 is 14.4 Å². The summed E-state index contributed by atoms with van der Waals surface area (Å²) in [5.41, 5.74) is -0.708. The topological polar surface area (TPSA) is 46.2 Å². The highest BCUT2D eigenvalue weighted by molar-refractivity contribution is 7.24. The van der Waals surface area contributed by atoms with Gasteiger partial charge in [-0.1, -0.05) is 20.8 Å². The Hall–Kier alpha value is -0.430. The van der Waals surface area contributed by atoms with Gasteiger partial charge in [-0.05, 0) is 0 Å². The molecule has 0 radical (unpaired) electrons. The molecule has 0 aliphatic heterocycles. The summed E-state index contributed by atoms with van der Waals surface area (Å²) in [5.74, 6) is -0.0756. The third-order valence-corrected chi connectivity index (χ3v) is 2.98. The van der Waals surface area contributed by atoms with Crippen molar-refractivity contribution in [3.63, 3.8) is 0 Å². The van der Waals surface area contributed by atoms with Gasteiger partial charge < -0.3 is 5.32 Å². The van der Waals surface area contributed by atoms with E-state index in [-0.39, 0.29) is 20.0 Å². The van der Waals surface area contributed by atoms with Gasteiger partial charge in [0.2, 0.25) is 5.91 Å². The lowest BCUT2D eigenvalue weighted by Gasteiger charge is -2.24. The summed E-state index contributed by atoms with van der Waals surface area (Å²) >= 11 is 0. The molecule has 1 unspecified atom stereocenters. The van der Waals surface area contributed by atoms with E-state index in [0.29, 0.717) is 0 Å². The van der Waals surface area contributed by atoms with E-state index in [1.165, 1.54) is 0 Å². The van der Waals surface area contributed by atoms with Crippen molar-refractivity contribution in [3.05, 3.63) is 0 Å². The summed E-state index contributed by atoms with van der Waals surface area (Å²) in [6.07, 6.45) is 0. The maximum absolute atomic E-state index is 11.2. The minimum absolute atomic E-state index is 0.0162. The highest BCUT2D eigenvalue weighted by Crippen LogP contribution is 2.29. The van der Waals surface area contributed by atoms with Gasteiger partial charge in [0.05, 0.1) is 11.1 Å². The maximum atomic E-state index is 11.2. The predicted molar refractivity (Wildman–Crippen MR) is 44.9 cm³/mol. The summed E-state index contributed by atoms with van der Waals surface area (Å²) in [7, 11) is 1.60. The molecule has 0 spiro atoms. The van der Waals surface area contributed by atoms with Crippen LogP contribution in [0.2, 0.25) is 0 Å². The Kier molecular flexibility index (Phi) is 3.67. The smallest absolute Gasteiger partial charge is 0.226 e. The SMILES string of the molecule is CNC(=O)C(C)(C)C(C)P=O. The van der Waals surface area contributed by atoms with E-state index < -0.39 is 5.41 Å². The Morgan fingerprint density at radius 2 is 2.00 bits per heavy atom. The number of hydrogen-bond donors (Lipinski definition) is 1. The van der Waals surface area contributed by atoms with Crippen molar-refractivity contribution in [2.24, 2.45) is 5.41 Å². The fraction of sp³-hybridized carbons (Fsp3) is 0.857. The number of rotatable bonds is 3. The number of carbonyl (C=O) groups excluding carboxylic acids is 1. The zero-order valence-corrected chi connectivity index (χ0v) is 8.24. The first-order valence-corrected chi connectivity index (χ1v) is 4.39. The number of nitrogens with one attached hydrogen (secondary N) is 1. The first-order valence-electron chi connectivity index (χ1n) is 3.51. The van der Waals surface area contributed by atoms with E-state index in [9.17, 15) is 9.36 Å². The van der Waals surface area contributed by atoms with Crippen molar-refractivity contribution in [2.45, 2.75) is 26.4 Å². The molecule has 11 heavy (non-hydrogen) atoms. The summed E-state index contributed by atoms with van der Waals surface area (Å²) < 4.78 is 10.5. The molecule has 0 bridgehead atoms. The monoisotopic (exact) mass is 175 g/mol. The minimum atomic E-state index is -0.557. The van der Waals surface area contributed by atoms with Crippen LogP contribution in [0.15, 0.2) is 0 Å². The lowest BCUT2D eigenvalue weighted by atomic mass is 9.89. The Morgan fingerprint density at radius 1 is 1.55 bits per heavy atom. The van der Waals surface area contributed by atoms with Crippen LogP contribution in [-0.2, 0) is 9.36 Å². The molecule has 0 aromatic rings. The van der Waals surface area contributed by atoms with E-state index in [1.54, 1.807) is 27.8 Å². The molecular formula is C7H14NO2P. The maximum Gasteiger partial charge on any atom is 0.226 e. The minimum Gasteiger partial charge on any atom is -0.359 e. The van der Waals surface area contributed by atoms with E-state index in [0.717, 1.165) is 0 Å². The van der Waals surface area contributed by atoms with Crippen LogP contribution in [0.3, 0.4) is 0 Å². The average Bonchev–Trinajstić information content (AvgIpc) is 2.01. The lowest BCUT2D eigenvalue weighted by Crippen LogP contribution is -2.39. The standard InChI is InChI=1S/C7H14NO2P/c1-5(11-10)7(2,3)6(9)8-4/h5H,1-4H3,(H,8,9). The fourth-order valence-electron chi connectivity index (χ4n) is 0.644. The first-order chi connectivity index (χ1) is 4.96. The average molecular weight is 175 g/mol. The van der Waals surface area contributed by atoms with Crippen molar-refractivity contribution in [1.82, 2.24) is 5.32 Å². The molecule has 4 heteroatoms. The van der Waals surface area contributed by atoms with Gasteiger partial charge >= 0.3 is 0 Å². The fourth-order valence-corrected chi connectivity index (χ4v) is 1.02. The normalized spacial score (nSPS) is 14.5. The molecule has 0 saturated carbocycles. The van der Waals surface area contributed by atoms with Crippen LogP contribution < -0.4 is 5.32 Å². The molecule has 0 aliphatic rings. The van der Waals surface area contributed by atoms with Crippen LogP contribution in [-0.4, -0.2) is 18.6 Å². The van der Waals surface area contributed by atoms with Crippen LogP contribution in [0.25, 0.3) is 0 Å². The van der Waals surface area contributed by atoms with Gasteiger partial charge in [-0.25, -0.2) is 0 Å². The number of carbonyl (C=O) groups is 1. The Bertz CT molecular complexity index is 168. The molecule has 0 fully saturated rings. The van der Waals surface area contributed by atoms with Crippen molar-refractivity contribution in [1.29, 1.82) is 0 Å². The van der Waals surface area contributed by atoms with Crippen LogP contribution in [0.1, 0.15) is 20.8 Å². The molecule has 0 saturated heterocycles. The molecule has 0 aromatic heterocycles. The Balaban J connectivity index is 4.43. The summed E-state index contributed by atoms with van der Waals surface area (Å²) in [5, 5.41) is 2.54.